The van der Waals surface area contributed by atoms with E-state index in [2.05, 4.69) is 51.3 Å². The summed E-state index contributed by atoms with van der Waals surface area (Å²) in [5.74, 6) is 1.05. The number of likely N-dealkylation sites (tertiary alicyclic amines) is 1. The Hall–Kier alpha value is -0.850. The number of piperazine rings is 1. The Morgan fingerprint density at radius 2 is 1.64 bits per heavy atom. The number of halogens is 2. The quantitative estimate of drug-likeness (QED) is 0.752. The summed E-state index contributed by atoms with van der Waals surface area (Å²) in [7, 11) is 4.17. The fraction of sp³-hybridized carbons (Fsp3) is 0.667. The monoisotopic (exact) mass is 430 g/mol. The van der Waals surface area contributed by atoms with Crippen molar-refractivity contribution in [3.8, 4) is 0 Å². The summed E-state index contributed by atoms with van der Waals surface area (Å²) in [4.78, 5) is 20.3. The second-order valence-electron chi connectivity index (χ2n) is 7.81. The third-order valence-corrected chi connectivity index (χ3v) is 5.98. The van der Waals surface area contributed by atoms with Gasteiger partial charge in [-0.05, 0) is 51.4 Å². The Bertz CT molecular complexity index is 559. The minimum Gasteiger partial charge on any atom is -0.341 e. The first-order valence-corrected chi connectivity index (χ1v) is 10.1. The van der Waals surface area contributed by atoms with E-state index in [1.807, 2.05) is 13.1 Å². The Kier molecular flexibility index (Phi) is 11.4. The SMILES string of the molecule is CNCCC1CCN(C(=O)C(c2ccccc2)N2CCN(C)CC2)CC1.Cl.Cl. The van der Waals surface area contributed by atoms with E-state index in [-0.39, 0.29) is 30.9 Å². The molecular weight excluding hydrogens is 395 g/mol. The maximum atomic E-state index is 13.5. The Balaban J connectivity index is 0.00000196. The lowest BCUT2D eigenvalue weighted by Gasteiger charge is -2.41. The van der Waals surface area contributed by atoms with Gasteiger partial charge in [0.25, 0.3) is 0 Å². The van der Waals surface area contributed by atoms with Crippen molar-refractivity contribution >= 4 is 30.7 Å². The van der Waals surface area contributed by atoms with Gasteiger partial charge < -0.3 is 15.1 Å². The van der Waals surface area contributed by atoms with Crippen LogP contribution in [0.4, 0.5) is 0 Å². The van der Waals surface area contributed by atoms with Crippen LogP contribution in [0.1, 0.15) is 30.9 Å². The summed E-state index contributed by atoms with van der Waals surface area (Å²) in [5, 5.41) is 3.24. The molecule has 0 saturated carbocycles. The van der Waals surface area contributed by atoms with E-state index in [0.29, 0.717) is 5.91 Å². The van der Waals surface area contributed by atoms with E-state index in [1.165, 1.54) is 6.42 Å². The lowest BCUT2D eigenvalue weighted by Crippen LogP contribution is -2.51. The fourth-order valence-electron chi connectivity index (χ4n) is 4.19. The predicted octanol–water partition coefficient (Wildman–Crippen LogP) is 2.67. The Morgan fingerprint density at radius 3 is 2.21 bits per heavy atom. The second kappa shape index (κ2) is 12.7. The molecule has 1 atom stereocenters. The van der Waals surface area contributed by atoms with Crippen molar-refractivity contribution in [1.82, 2.24) is 20.0 Å². The number of amides is 1. The van der Waals surface area contributed by atoms with Gasteiger partial charge in [0.15, 0.2) is 0 Å². The van der Waals surface area contributed by atoms with Crippen LogP contribution in [0.15, 0.2) is 30.3 Å². The van der Waals surface area contributed by atoms with Gasteiger partial charge in [0.2, 0.25) is 5.91 Å². The molecule has 1 amide bonds. The van der Waals surface area contributed by atoms with Crippen LogP contribution >= 0.6 is 24.8 Å². The van der Waals surface area contributed by atoms with Gasteiger partial charge in [-0.25, -0.2) is 0 Å². The minimum atomic E-state index is -0.126. The third kappa shape index (κ3) is 6.60. The second-order valence-corrected chi connectivity index (χ2v) is 7.81. The highest BCUT2D eigenvalue weighted by Gasteiger charge is 2.34. The molecule has 0 radical (unpaired) electrons. The Morgan fingerprint density at radius 1 is 1.04 bits per heavy atom. The van der Waals surface area contributed by atoms with E-state index in [4.69, 9.17) is 0 Å². The maximum absolute atomic E-state index is 13.5. The zero-order chi connectivity index (χ0) is 18.4. The van der Waals surface area contributed by atoms with E-state index in [1.54, 1.807) is 0 Å². The lowest BCUT2D eigenvalue weighted by molar-refractivity contribution is -0.139. The number of benzene rings is 1. The fourth-order valence-corrected chi connectivity index (χ4v) is 4.19. The average Bonchev–Trinajstić information content (AvgIpc) is 2.69. The van der Waals surface area contributed by atoms with E-state index in [0.717, 1.165) is 70.1 Å². The number of hydrogen-bond donors (Lipinski definition) is 1. The van der Waals surface area contributed by atoms with Gasteiger partial charge in [0.1, 0.15) is 6.04 Å². The molecule has 1 aromatic carbocycles. The molecule has 0 aliphatic carbocycles. The van der Waals surface area contributed by atoms with Crippen LogP contribution in [0.3, 0.4) is 0 Å². The molecule has 1 N–H and O–H groups in total. The summed E-state index contributed by atoms with van der Waals surface area (Å²) >= 11 is 0. The molecule has 2 fully saturated rings. The van der Waals surface area contributed by atoms with Crippen LogP contribution in [0.2, 0.25) is 0 Å². The molecule has 7 heteroatoms. The first kappa shape index (κ1) is 25.2. The average molecular weight is 431 g/mol. The van der Waals surface area contributed by atoms with Crippen molar-refractivity contribution in [2.75, 3.05) is 59.9 Å². The molecule has 0 aromatic heterocycles. The molecule has 2 aliphatic heterocycles. The molecule has 2 saturated heterocycles. The smallest absolute Gasteiger partial charge is 0.244 e. The van der Waals surface area contributed by atoms with Gasteiger partial charge in [-0.3, -0.25) is 9.69 Å². The Labute approximate surface area is 182 Å². The van der Waals surface area contributed by atoms with Crippen LogP contribution in [-0.2, 0) is 4.79 Å². The highest BCUT2D eigenvalue weighted by atomic mass is 35.5. The number of nitrogens with zero attached hydrogens (tertiary/aromatic N) is 3. The van der Waals surface area contributed by atoms with Gasteiger partial charge in [0, 0.05) is 39.3 Å². The molecule has 5 nitrogen and oxygen atoms in total. The van der Waals surface area contributed by atoms with Crippen LogP contribution < -0.4 is 5.32 Å². The summed E-state index contributed by atoms with van der Waals surface area (Å²) in [6.07, 6.45) is 3.49. The highest BCUT2D eigenvalue weighted by Crippen LogP contribution is 2.28. The molecule has 1 aromatic rings. The van der Waals surface area contributed by atoms with Crippen molar-refractivity contribution in [1.29, 1.82) is 0 Å². The van der Waals surface area contributed by atoms with Crippen molar-refractivity contribution in [3.63, 3.8) is 0 Å². The topological polar surface area (TPSA) is 38.8 Å². The molecule has 1 unspecified atom stereocenters. The van der Waals surface area contributed by atoms with Crippen molar-refractivity contribution < 1.29 is 4.79 Å². The molecular formula is C21H36Cl2N4O. The number of nitrogens with one attached hydrogen (secondary N) is 1. The van der Waals surface area contributed by atoms with Crippen LogP contribution in [-0.4, -0.2) is 80.5 Å². The van der Waals surface area contributed by atoms with Gasteiger partial charge >= 0.3 is 0 Å². The summed E-state index contributed by atoms with van der Waals surface area (Å²) < 4.78 is 0. The molecule has 0 spiro atoms. The molecule has 2 heterocycles. The van der Waals surface area contributed by atoms with Crippen LogP contribution in [0.5, 0.6) is 0 Å². The van der Waals surface area contributed by atoms with Crippen LogP contribution in [0.25, 0.3) is 0 Å². The van der Waals surface area contributed by atoms with Gasteiger partial charge in [-0.15, -0.1) is 24.8 Å². The normalized spacial score (nSPS) is 20.1. The number of carbonyl (C=O) groups excluding carboxylic acids is 1. The van der Waals surface area contributed by atoms with Gasteiger partial charge in [0.05, 0.1) is 0 Å². The number of hydrogen-bond acceptors (Lipinski definition) is 4. The molecule has 28 heavy (non-hydrogen) atoms. The predicted molar refractivity (Wildman–Crippen MR) is 121 cm³/mol. The maximum Gasteiger partial charge on any atom is 0.244 e. The first-order valence-electron chi connectivity index (χ1n) is 10.1. The highest BCUT2D eigenvalue weighted by molar-refractivity contribution is 5.85. The molecule has 2 aliphatic rings. The summed E-state index contributed by atoms with van der Waals surface area (Å²) in [5.41, 5.74) is 1.14. The number of rotatable bonds is 6. The molecule has 3 rings (SSSR count). The van der Waals surface area contributed by atoms with Crippen molar-refractivity contribution in [2.24, 2.45) is 5.92 Å². The third-order valence-electron chi connectivity index (χ3n) is 5.98. The van der Waals surface area contributed by atoms with E-state index < -0.39 is 0 Å². The first-order chi connectivity index (χ1) is 12.7. The minimum absolute atomic E-state index is 0. The van der Waals surface area contributed by atoms with Crippen molar-refractivity contribution in [2.45, 2.75) is 25.3 Å². The number of likely N-dealkylation sites (N-methyl/N-ethyl adjacent to an activating group) is 1. The van der Waals surface area contributed by atoms with Crippen LogP contribution in [0, 0.1) is 5.92 Å². The van der Waals surface area contributed by atoms with Crippen molar-refractivity contribution in [3.05, 3.63) is 35.9 Å². The van der Waals surface area contributed by atoms with Gasteiger partial charge in [-0.1, -0.05) is 30.3 Å². The van der Waals surface area contributed by atoms with Gasteiger partial charge in [-0.2, -0.15) is 0 Å². The van der Waals surface area contributed by atoms with E-state index in [9.17, 15) is 4.79 Å². The zero-order valence-electron chi connectivity index (χ0n) is 17.2. The largest absolute Gasteiger partial charge is 0.341 e. The lowest BCUT2D eigenvalue weighted by atomic mass is 9.92. The molecule has 160 valence electrons. The summed E-state index contributed by atoms with van der Waals surface area (Å²) in [6.45, 7) is 6.87. The standard InChI is InChI=1S/C21H34N4O.2ClH/c1-22-11-8-18-9-12-25(13-10-18)21(26)20(19-6-4-3-5-7-19)24-16-14-23(2)15-17-24;;/h3-7,18,20,22H,8-17H2,1-2H3;2*1H. The summed E-state index contributed by atoms with van der Waals surface area (Å²) in [6, 6.07) is 10.2. The number of carbonyl (C=O) groups is 1. The molecule has 0 bridgehead atoms. The zero-order valence-corrected chi connectivity index (χ0v) is 18.8. The number of piperidine rings is 1. The van der Waals surface area contributed by atoms with E-state index >= 15 is 0 Å².